The molecular weight excluding hydrogens is 297 g/mol. The first kappa shape index (κ1) is 13.1. The van der Waals surface area contributed by atoms with E-state index >= 15 is 0 Å². The minimum absolute atomic E-state index is 0.0271. The zero-order valence-electron chi connectivity index (χ0n) is 9.90. The Morgan fingerprint density at radius 3 is 2.61 bits per heavy atom. The van der Waals surface area contributed by atoms with Gasteiger partial charge in [0.25, 0.3) is 0 Å². The second kappa shape index (κ2) is 6.02. The number of aromatic nitrogens is 2. The van der Waals surface area contributed by atoms with Crippen molar-refractivity contribution >= 4 is 15.9 Å². The summed E-state index contributed by atoms with van der Waals surface area (Å²) in [6, 6.07) is 7.04. The molecule has 0 radical (unpaired) electrons. The normalized spacial score (nSPS) is 12.4. The first-order valence-corrected chi connectivity index (χ1v) is 6.37. The third-order valence-electron chi connectivity index (χ3n) is 2.66. The molecule has 0 spiro atoms. The van der Waals surface area contributed by atoms with Gasteiger partial charge >= 0.3 is 0 Å². The van der Waals surface area contributed by atoms with Crippen molar-refractivity contribution in [2.75, 3.05) is 7.05 Å². The topological polar surface area (TPSA) is 37.8 Å². The summed E-state index contributed by atoms with van der Waals surface area (Å²) in [6.45, 7) is 0. The van der Waals surface area contributed by atoms with Crippen LogP contribution in [0.1, 0.15) is 17.4 Å². The lowest BCUT2D eigenvalue weighted by Gasteiger charge is -2.15. The highest BCUT2D eigenvalue weighted by atomic mass is 79.9. The molecule has 94 valence electrons. The number of halogens is 2. The van der Waals surface area contributed by atoms with Crippen molar-refractivity contribution in [3.05, 3.63) is 58.3 Å². The molecule has 0 bridgehead atoms. The number of hydrogen-bond acceptors (Lipinski definition) is 3. The van der Waals surface area contributed by atoms with Crippen LogP contribution in [-0.2, 0) is 6.42 Å². The molecule has 2 aromatic rings. The molecule has 0 fully saturated rings. The van der Waals surface area contributed by atoms with Crippen LogP contribution in [0.4, 0.5) is 4.39 Å². The summed E-state index contributed by atoms with van der Waals surface area (Å²) in [5.41, 5.74) is 1.77. The van der Waals surface area contributed by atoms with E-state index in [0.29, 0.717) is 6.42 Å². The number of rotatable bonds is 4. The quantitative estimate of drug-likeness (QED) is 0.943. The van der Waals surface area contributed by atoms with E-state index in [1.807, 2.05) is 19.2 Å². The van der Waals surface area contributed by atoms with Crippen LogP contribution in [0.3, 0.4) is 0 Å². The van der Waals surface area contributed by atoms with Gasteiger partial charge in [0.15, 0.2) is 0 Å². The Hall–Kier alpha value is -1.33. The highest BCUT2D eigenvalue weighted by Gasteiger charge is 2.12. The molecule has 3 nitrogen and oxygen atoms in total. The average Bonchev–Trinajstić information content (AvgIpc) is 2.39. The lowest BCUT2D eigenvalue weighted by atomic mass is 10.1. The first-order valence-electron chi connectivity index (χ1n) is 5.58. The molecular formula is C13H13BrFN3. The van der Waals surface area contributed by atoms with Gasteiger partial charge in [-0.05, 0) is 47.2 Å². The summed E-state index contributed by atoms with van der Waals surface area (Å²) >= 11 is 3.35. The standard InChI is InChI=1S/C13H13BrFN3/c1-16-13(12-5-3-10(15)8-18-12)6-11-4-2-9(14)7-17-11/h2-5,7-8,13,16H,6H2,1H3. The molecule has 0 amide bonds. The summed E-state index contributed by atoms with van der Waals surface area (Å²) in [4.78, 5) is 8.41. The smallest absolute Gasteiger partial charge is 0.141 e. The predicted molar refractivity (Wildman–Crippen MR) is 71.6 cm³/mol. The zero-order chi connectivity index (χ0) is 13.0. The second-order valence-electron chi connectivity index (χ2n) is 3.91. The molecule has 0 aliphatic rings. The van der Waals surface area contributed by atoms with E-state index in [1.165, 1.54) is 12.3 Å². The summed E-state index contributed by atoms with van der Waals surface area (Å²) in [5, 5.41) is 3.16. The van der Waals surface area contributed by atoms with Gasteiger partial charge in [-0.1, -0.05) is 0 Å². The van der Waals surface area contributed by atoms with E-state index in [0.717, 1.165) is 15.9 Å². The highest BCUT2D eigenvalue weighted by Crippen LogP contribution is 2.16. The summed E-state index contributed by atoms with van der Waals surface area (Å²) in [5.74, 6) is -0.324. The molecule has 0 saturated heterocycles. The Labute approximate surface area is 114 Å². The summed E-state index contributed by atoms with van der Waals surface area (Å²) in [6.07, 6.45) is 3.71. The Balaban J connectivity index is 2.14. The zero-order valence-corrected chi connectivity index (χ0v) is 11.5. The lowest BCUT2D eigenvalue weighted by Crippen LogP contribution is -2.20. The molecule has 0 aliphatic heterocycles. The fraction of sp³-hybridized carbons (Fsp3) is 0.231. The average molecular weight is 310 g/mol. The van der Waals surface area contributed by atoms with Crippen LogP contribution in [0.2, 0.25) is 0 Å². The SMILES string of the molecule is CNC(Cc1ccc(Br)cn1)c1ccc(F)cn1. The molecule has 0 aromatic carbocycles. The maximum absolute atomic E-state index is 12.8. The Kier molecular flexibility index (Phi) is 4.38. The van der Waals surface area contributed by atoms with Gasteiger partial charge < -0.3 is 5.32 Å². The monoisotopic (exact) mass is 309 g/mol. The van der Waals surface area contributed by atoms with Crippen molar-refractivity contribution in [2.45, 2.75) is 12.5 Å². The Morgan fingerprint density at radius 1 is 1.22 bits per heavy atom. The minimum Gasteiger partial charge on any atom is -0.311 e. The summed E-state index contributed by atoms with van der Waals surface area (Å²) < 4.78 is 13.8. The molecule has 2 heterocycles. The number of hydrogen-bond donors (Lipinski definition) is 1. The van der Waals surface area contributed by atoms with E-state index in [9.17, 15) is 4.39 Å². The summed E-state index contributed by atoms with van der Waals surface area (Å²) in [7, 11) is 1.86. The van der Waals surface area contributed by atoms with Gasteiger partial charge in [-0.25, -0.2) is 4.39 Å². The Morgan fingerprint density at radius 2 is 2.06 bits per heavy atom. The third-order valence-corrected chi connectivity index (χ3v) is 3.13. The maximum Gasteiger partial charge on any atom is 0.141 e. The molecule has 5 heteroatoms. The van der Waals surface area contributed by atoms with Crippen LogP contribution in [0, 0.1) is 5.82 Å². The van der Waals surface area contributed by atoms with E-state index in [-0.39, 0.29) is 11.9 Å². The lowest BCUT2D eigenvalue weighted by molar-refractivity contribution is 0.560. The van der Waals surface area contributed by atoms with Gasteiger partial charge in [0, 0.05) is 22.8 Å². The van der Waals surface area contributed by atoms with Crippen LogP contribution in [0.25, 0.3) is 0 Å². The Bertz CT molecular complexity index is 499. The van der Waals surface area contributed by atoms with E-state index in [4.69, 9.17) is 0 Å². The van der Waals surface area contributed by atoms with Crippen LogP contribution in [-0.4, -0.2) is 17.0 Å². The predicted octanol–water partition coefficient (Wildman–Crippen LogP) is 2.88. The fourth-order valence-electron chi connectivity index (χ4n) is 1.68. The largest absolute Gasteiger partial charge is 0.311 e. The van der Waals surface area contributed by atoms with E-state index in [2.05, 4.69) is 31.2 Å². The first-order chi connectivity index (χ1) is 8.69. The molecule has 18 heavy (non-hydrogen) atoms. The minimum atomic E-state index is -0.324. The molecule has 1 N–H and O–H groups in total. The van der Waals surface area contributed by atoms with Crippen molar-refractivity contribution in [3.63, 3.8) is 0 Å². The van der Waals surface area contributed by atoms with Gasteiger partial charge in [0.05, 0.1) is 17.9 Å². The highest BCUT2D eigenvalue weighted by molar-refractivity contribution is 9.10. The van der Waals surface area contributed by atoms with Gasteiger partial charge in [-0.3, -0.25) is 9.97 Å². The molecule has 1 unspecified atom stereocenters. The van der Waals surface area contributed by atoms with E-state index < -0.39 is 0 Å². The van der Waals surface area contributed by atoms with Crippen LogP contribution < -0.4 is 5.32 Å². The van der Waals surface area contributed by atoms with Gasteiger partial charge in [-0.15, -0.1) is 0 Å². The van der Waals surface area contributed by atoms with Crippen molar-refractivity contribution in [1.82, 2.24) is 15.3 Å². The van der Waals surface area contributed by atoms with Gasteiger partial charge in [-0.2, -0.15) is 0 Å². The van der Waals surface area contributed by atoms with Crippen molar-refractivity contribution in [3.8, 4) is 0 Å². The second-order valence-corrected chi connectivity index (χ2v) is 4.83. The molecule has 2 aromatic heterocycles. The van der Waals surface area contributed by atoms with Crippen LogP contribution in [0.15, 0.2) is 41.1 Å². The van der Waals surface area contributed by atoms with Crippen LogP contribution in [0.5, 0.6) is 0 Å². The molecule has 2 rings (SSSR count). The number of pyridine rings is 2. The molecule has 0 aliphatic carbocycles. The van der Waals surface area contributed by atoms with Crippen molar-refractivity contribution in [1.29, 1.82) is 0 Å². The van der Waals surface area contributed by atoms with Gasteiger partial charge in [0.1, 0.15) is 5.82 Å². The van der Waals surface area contributed by atoms with Gasteiger partial charge in [0.2, 0.25) is 0 Å². The van der Waals surface area contributed by atoms with Crippen molar-refractivity contribution in [2.24, 2.45) is 0 Å². The van der Waals surface area contributed by atoms with E-state index in [1.54, 1.807) is 12.3 Å². The van der Waals surface area contributed by atoms with Crippen molar-refractivity contribution < 1.29 is 4.39 Å². The number of nitrogens with zero attached hydrogens (tertiary/aromatic N) is 2. The molecule has 1 atom stereocenters. The molecule has 0 saturated carbocycles. The maximum atomic E-state index is 12.8. The third kappa shape index (κ3) is 3.34. The fourth-order valence-corrected chi connectivity index (χ4v) is 1.92. The van der Waals surface area contributed by atoms with Crippen LogP contribution >= 0.6 is 15.9 Å². The number of likely N-dealkylation sites (N-methyl/N-ethyl adjacent to an activating group) is 1. The number of nitrogens with one attached hydrogen (secondary N) is 1.